The van der Waals surface area contributed by atoms with Gasteiger partial charge in [-0.2, -0.15) is 5.10 Å². The van der Waals surface area contributed by atoms with Crippen molar-refractivity contribution >= 4 is 5.82 Å². The van der Waals surface area contributed by atoms with Crippen LogP contribution in [0.1, 0.15) is 19.3 Å². The smallest absolute Gasteiger partial charge is 0.233 e. The molecule has 32 heavy (non-hydrogen) atoms. The summed E-state index contributed by atoms with van der Waals surface area (Å²) in [7, 11) is 1.53. The van der Waals surface area contributed by atoms with Crippen molar-refractivity contribution in [3.8, 4) is 34.0 Å². The molecule has 0 spiro atoms. The zero-order valence-corrected chi connectivity index (χ0v) is 17.8. The van der Waals surface area contributed by atoms with Gasteiger partial charge >= 0.3 is 0 Å². The maximum atomic E-state index is 13.0. The van der Waals surface area contributed by atoms with E-state index in [4.69, 9.17) is 4.74 Å². The first-order valence-electron chi connectivity index (χ1n) is 10.8. The topological polar surface area (TPSA) is 96.3 Å². The van der Waals surface area contributed by atoms with Crippen molar-refractivity contribution in [2.24, 2.45) is 0 Å². The Balaban J connectivity index is 1.27. The molecular weight excluding hydrogens is 411 g/mol. The largest absolute Gasteiger partial charge is 0.507 e. The fraction of sp³-hybridized carbons (Fsp3) is 0.391. The number of rotatable bonds is 6. The van der Waals surface area contributed by atoms with Crippen LogP contribution in [0.5, 0.6) is 11.6 Å². The first-order chi connectivity index (χ1) is 15.6. The summed E-state index contributed by atoms with van der Waals surface area (Å²) in [6.07, 6.45) is 3.23. The molecule has 3 aromatic rings. The quantitative estimate of drug-likeness (QED) is 0.609. The molecule has 2 aliphatic rings. The Kier molecular flexibility index (Phi) is 5.57. The summed E-state index contributed by atoms with van der Waals surface area (Å²) in [5, 5.41) is 30.6. The van der Waals surface area contributed by atoms with E-state index in [1.807, 2.05) is 24.3 Å². The summed E-state index contributed by atoms with van der Waals surface area (Å²) in [6.45, 7) is 1.73. The van der Waals surface area contributed by atoms with E-state index in [0.717, 1.165) is 36.5 Å². The van der Waals surface area contributed by atoms with Crippen molar-refractivity contribution in [2.45, 2.75) is 37.5 Å². The van der Waals surface area contributed by atoms with Gasteiger partial charge in [0, 0.05) is 42.4 Å². The number of halogens is 1. The summed E-state index contributed by atoms with van der Waals surface area (Å²) in [6, 6.07) is 11.6. The van der Waals surface area contributed by atoms with Crippen LogP contribution in [0.4, 0.5) is 10.2 Å². The highest BCUT2D eigenvalue weighted by Gasteiger charge is 2.33. The number of aromatic hydroxyl groups is 1. The Morgan fingerprint density at radius 3 is 2.66 bits per heavy atom. The van der Waals surface area contributed by atoms with E-state index in [9.17, 15) is 9.50 Å². The Hall–Kier alpha value is -3.33. The van der Waals surface area contributed by atoms with Gasteiger partial charge in [0.25, 0.3) is 0 Å². The number of methoxy groups -OCH3 is 1. The zero-order chi connectivity index (χ0) is 22.1. The number of hydrogen-bond donors (Lipinski definition) is 2. The van der Waals surface area contributed by atoms with Gasteiger partial charge in [-0.3, -0.25) is 0 Å². The number of hydrogen-bond acceptors (Lipinski definition) is 8. The van der Waals surface area contributed by atoms with Crippen molar-refractivity contribution in [3.63, 3.8) is 0 Å². The maximum absolute atomic E-state index is 13.0. The van der Waals surface area contributed by atoms with E-state index in [1.165, 1.54) is 7.11 Å². The van der Waals surface area contributed by atoms with Crippen molar-refractivity contribution in [3.05, 3.63) is 42.6 Å². The molecule has 0 radical (unpaired) electrons. The molecule has 1 atom stereocenters. The summed E-state index contributed by atoms with van der Waals surface area (Å²) in [5.41, 5.74) is 2.79. The first kappa shape index (κ1) is 20.6. The molecule has 2 aromatic heterocycles. The number of phenols is 1. The van der Waals surface area contributed by atoms with E-state index in [-0.39, 0.29) is 5.75 Å². The van der Waals surface area contributed by atoms with Crippen LogP contribution >= 0.6 is 0 Å². The molecule has 9 heteroatoms. The zero-order valence-electron chi connectivity index (χ0n) is 17.8. The lowest BCUT2D eigenvalue weighted by atomic mass is 9.90. The number of anilines is 1. The highest BCUT2D eigenvalue weighted by molar-refractivity contribution is 5.74. The van der Waals surface area contributed by atoms with Gasteiger partial charge in [0.05, 0.1) is 19.0 Å². The third-order valence-electron chi connectivity index (χ3n) is 6.16. The van der Waals surface area contributed by atoms with Crippen molar-refractivity contribution < 1.29 is 14.2 Å². The van der Waals surface area contributed by atoms with Crippen LogP contribution in [-0.2, 0) is 0 Å². The molecule has 1 aliphatic carbocycles. The molecule has 2 fully saturated rings. The summed E-state index contributed by atoms with van der Waals surface area (Å²) in [4.78, 5) is 2.19. The highest BCUT2D eigenvalue weighted by Crippen LogP contribution is 2.33. The van der Waals surface area contributed by atoms with Gasteiger partial charge in [0.15, 0.2) is 5.82 Å². The lowest BCUT2D eigenvalue weighted by Gasteiger charge is -2.33. The Morgan fingerprint density at radius 1 is 1.06 bits per heavy atom. The second-order valence-corrected chi connectivity index (χ2v) is 8.36. The Bertz CT molecular complexity index is 1090. The fourth-order valence-corrected chi connectivity index (χ4v) is 4.29. The second kappa shape index (κ2) is 8.66. The van der Waals surface area contributed by atoms with Crippen LogP contribution in [-0.4, -0.2) is 64.0 Å². The lowest BCUT2D eigenvalue weighted by molar-refractivity contribution is 0.148. The summed E-state index contributed by atoms with van der Waals surface area (Å²) in [5.74, 6) is 1.32. The molecule has 1 saturated carbocycles. The fourth-order valence-electron chi connectivity index (χ4n) is 4.29. The van der Waals surface area contributed by atoms with Crippen LogP contribution in [0.3, 0.4) is 0 Å². The molecule has 1 saturated heterocycles. The van der Waals surface area contributed by atoms with Gasteiger partial charge in [0.1, 0.15) is 11.9 Å². The molecular formula is C23H25FN6O2. The monoisotopic (exact) mass is 436 g/mol. The number of nitrogens with one attached hydrogen (secondary N) is 1. The first-order valence-corrected chi connectivity index (χ1v) is 10.8. The molecule has 2 N–H and O–H groups in total. The number of alkyl halides is 1. The van der Waals surface area contributed by atoms with Crippen LogP contribution in [0.15, 0.2) is 42.6 Å². The normalized spacial score (nSPS) is 22.6. The van der Waals surface area contributed by atoms with E-state index in [1.54, 1.807) is 18.3 Å². The van der Waals surface area contributed by atoms with Gasteiger partial charge in [-0.15, -0.1) is 15.3 Å². The molecule has 0 bridgehead atoms. The van der Waals surface area contributed by atoms with Crippen LogP contribution < -0.4 is 15.0 Å². The van der Waals surface area contributed by atoms with Crippen LogP contribution in [0, 0.1) is 0 Å². The molecule has 166 valence electrons. The van der Waals surface area contributed by atoms with E-state index in [2.05, 4.69) is 30.6 Å². The van der Waals surface area contributed by atoms with Crippen molar-refractivity contribution in [2.75, 3.05) is 25.1 Å². The Labute approximate surface area is 185 Å². The van der Waals surface area contributed by atoms with Crippen molar-refractivity contribution in [1.82, 2.24) is 25.7 Å². The van der Waals surface area contributed by atoms with Gasteiger partial charge < -0.3 is 20.1 Å². The van der Waals surface area contributed by atoms with Crippen LogP contribution in [0.25, 0.3) is 22.4 Å². The molecule has 8 nitrogen and oxygen atoms in total. The number of ether oxygens (including phenoxy) is 1. The number of aromatic nitrogens is 4. The van der Waals surface area contributed by atoms with Gasteiger partial charge in [-0.25, -0.2) is 4.39 Å². The van der Waals surface area contributed by atoms with E-state index < -0.39 is 6.17 Å². The highest BCUT2D eigenvalue weighted by atomic mass is 19.1. The minimum absolute atomic E-state index is 0.109. The average Bonchev–Trinajstić information content (AvgIpc) is 3.27. The van der Waals surface area contributed by atoms with Gasteiger partial charge in [-0.05, 0) is 49.1 Å². The summed E-state index contributed by atoms with van der Waals surface area (Å²) >= 11 is 0. The number of benzene rings is 1. The van der Waals surface area contributed by atoms with Crippen molar-refractivity contribution in [1.29, 1.82) is 0 Å². The lowest BCUT2D eigenvalue weighted by Crippen LogP contribution is -2.48. The van der Waals surface area contributed by atoms with Gasteiger partial charge in [-0.1, -0.05) is 6.07 Å². The maximum Gasteiger partial charge on any atom is 0.233 e. The third-order valence-corrected chi connectivity index (χ3v) is 6.16. The predicted molar refractivity (Wildman–Crippen MR) is 118 cm³/mol. The third kappa shape index (κ3) is 4.20. The van der Waals surface area contributed by atoms with E-state index >= 15 is 0 Å². The molecule has 3 heterocycles. The van der Waals surface area contributed by atoms with Crippen LogP contribution in [0.2, 0.25) is 0 Å². The summed E-state index contributed by atoms with van der Waals surface area (Å²) < 4.78 is 18.1. The predicted octanol–water partition coefficient (Wildman–Crippen LogP) is 2.98. The minimum atomic E-state index is -0.641. The standard InChI is InChI=1S/C23H25FN6O2/c1-32-23-9-15(12-25-29-23)14-2-3-19(21(31)8-14)20-4-5-22(28-27-20)30-7-6-17(13-30)26-18-10-16(24)11-18/h2-5,8-9,12,16-18,26,31H,6-7,10-11,13H2,1H3/t16-,17-,18+/m0/s1. The van der Waals surface area contributed by atoms with E-state index in [0.29, 0.717) is 42.1 Å². The molecule has 1 aromatic carbocycles. The average molecular weight is 436 g/mol. The second-order valence-electron chi connectivity index (χ2n) is 8.36. The Morgan fingerprint density at radius 2 is 1.94 bits per heavy atom. The minimum Gasteiger partial charge on any atom is -0.507 e. The molecule has 1 aliphatic heterocycles. The van der Waals surface area contributed by atoms with Gasteiger partial charge in [0.2, 0.25) is 5.88 Å². The number of nitrogens with zero attached hydrogens (tertiary/aromatic N) is 5. The molecule has 0 unspecified atom stereocenters. The molecule has 5 rings (SSSR count). The number of phenolic OH excluding ortho intramolecular Hbond substituents is 1. The molecule has 0 amide bonds. The SMILES string of the molecule is COc1cc(-c2ccc(-c3ccc(N4CC[C@H](N[C@H]5C[C@@H](F)C5)C4)nn3)c(O)c2)cnn1.